The van der Waals surface area contributed by atoms with E-state index in [4.69, 9.17) is 9.15 Å². The number of fused-ring (bicyclic) bond motifs is 2. The molecule has 0 saturated carbocycles. The molecule has 35 heavy (non-hydrogen) atoms. The zero-order valence-electron chi connectivity index (χ0n) is 20.0. The van der Waals surface area contributed by atoms with Gasteiger partial charge in [-0.1, -0.05) is 30.4 Å². The van der Waals surface area contributed by atoms with E-state index in [0.29, 0.717) is 47.3 Å². The van der Waals surface area contributed by atoms with E-state index in [2.05, 4.69) is 16.9 Å². The van der Waals surface area contributed by atoms with E-state index in [9.17, 15) is 14.0 Å². The smallest absolute Gasteiger partial charge is 0.250 e. The number of aryl methyl sites for hydroxylation is 1. The third kappa shape index (κ3) is 5.09. The molecule has 4 rings (SSSR count). The van der Waals surface area contributed by atoms with Gasteiger partial charge in [-0.05, 0) is 68.5 Å². The zero-order valence-corrected chi connectivity index (χ0v) is 20.0. The first-order valence-electron chi connectivity index (χ1n) is 11.4. The van der Waals surface area contributed by atoms with E-state index < -0.39 is 23.5 Å². The number of hydrogen-bond donors (Lipinski definition) is 1. The summed E-state index contributed by atoms with van der Waals surface area (Å²) < 4.78 is 25.8. The molecule has 2 heterocycles. The molecular weight excluding hydrogens is 447 g/mol. The molecule has 0 saturated heterocycles. The molecule has 0 bridgehead atoms. The number of carbonyl (C=O) groups excluding carboxylic acids is 2. The Morgan fingerprint density at radius 2 is 2.11 bits per heavy atom. The van der Waals surface area contributed by atoms with Gasteiger partial charge >= 0.3 is 0 Å². The normalized spacial score (nSPS) is 14.1. The van der Waals surface area contributed by atoms with E-state index in [1.54, 1.807) is 25.1 Å². The second kappa shape index (κ2) is 10.1. The van der Waals surface area contributed by atoms with Crippen LogP contribution in [0.5, 0.6) is 5.75 Å². The summed E-state index contributed by atoms with van der Waals surface area (Å²) in [4.78, 5) is 29.6. The van der Waals surface area contributed by atoms with Crippen LogP contribution in [0.15, 0.2) is 65.1 Å². The molecule has 7 heteroatoms. The average molecular weight is 475 g/mol. The Morgan fingerprint density at radius 1 is 1.31 bits per heavy atom. The molecular formula is C28H27FN2O4. The molecule has 1 unspecified atom stereocenters. The summed E-state index contributed by atoms with van der Waals surface area (Å²) in [5, 5.41) is 2.42. The fraction of sp³-hybridized carbons (Fsp3) is 0.250. The standard InChI is InChI=1S/C28H27FN2O4/c1-5-6-25(32)31-28(33)20(24-15-21-22(35-24)11-7-17(3)30-21)10-8-18-13-16(2)26-19(14-18)9-12-23(34-4)27(26)29/h5-7,9,11-13,15,20H,2,8,10,14H2,1,3-4H3,(H,31,32,33)/b6-5-. The van der Waals surface area contributed by atoms with Crippen LogP contribution in [0.4, 0.5) is 4.39 Å². The van der Waals surface area contributed by atoms with Gasteiger partial charge in [0.25, 0.3) is 0 Å². The zero-order chi connectivity index (χ0) is 25.1. The molecule has 0 radical (unpaired) electrons. The third-order valence-electron chi connectivity index (χ3n) is 6.04. The maximum atomic E-state index is 14.8. The first kappa shape index (κ1) is 24.1. The van der Waals surface area contributed by atoms with E-state index in [1.165, 1.54) is 13.2 Å². The van der Waals surface area contributed by atoms with Crippen LogP contribution in [0.2, 0.25) is 0 Å². The first-order valence-corrected chi connectivity index (χ1v) is 11.4. The number of imide groups is 1. The van der Waals surface area contributed by atoms with Gasteiger partial charge < -0.3 is 9.15 Å². The number of halogens is 1. The van der Waals surface area contributed by atoms with E-state index in [0.717, 1.165) is 16.8 Å². The van der Waals surface area contributed by atoms with Crippen molar-refractivity contribution in [1.82, 2.24) is 10.3 Å². The quantitative estimate of drug-likeness (QED) is 0.453. The summed E-state index contributed by atoms with van der Waals surface area (Å²) in [6, 6.07) is 8.84. The highest BCUT2D eigenvalue weighted by Gasteiger charge is 2.27. The highest BCUT2D eigenvalue weighted by Crippen LogP contribution is 2.37. The minimum atomic E-state index is -0.707. The van der Waals surface area contributed by atoms with Crippen molar-refractivity contribution in [3.05, 3.63) is 89.1 Å². The molecule has 2 amide bonds. The average Bonchev–Trinajstić information content (AvgIpc) is 3.22. The van der Waals surface area contributed by atoms with Gasteiger partial charge in [0.05, 0.1) is 13.0 Å². The topological polar surface area (TPSA) is 81.4 Å². The lowest BCUT2D eigenvalue weighted by atomic mass is 9.85. The molecule has 1 aliphatic carbocycles. The predicted octanol–water partition coefficient (Wildman–Crippen LogP) is 5.56. The minimum Gasteiger partial charge on any atom is -0.494 e. The van der Waals surface area contributed by atoms with Gasteiger partial charge in [-0.25, -0.2) is 9.37 Å². The van der Waals surface area contributed by atoms with Crippen molar-refractivity contribution in [2.75, 3.05) is 7.11 Å². The van der Waals surface area contributed by atoms with Crippen molar-refractivity contribution >= 4 is 28.5 Å². The van der Waals surface area contributed by atoms with Crippen molar-refractivity contribution < 1.29 is 23.1 Å². The Morgan fingerprint density at radius 3 is 2.86 bits per heavy atom. The number of aromatic nitrogens is 1. The first-order chi connectivity index (χ1) is 16.8. The second-order valence-corrected chi connectivity index (χ2v) is 8.55. The number of allylic oxidation sites excluding steroid dienone is 4. The van der Waals surface area contributed by atoms with Gasteiger partial charge in [0.2, 0.25) is 11.8 Å². The summed E-state index contributed by atoms with van der Waals surface area (Å²) in [5.74, 6) is -1.45. The summed E-state index contributed by atoms with van der Waals surface area (Å²) in [5.41, 5.74) is 4.91. The second-order valence-electron chi connectivity index (χ2n) is 8.55. The predicted molar refractivity (Wildman–Crippen MR) is 132 cm³/mol. The number of nitrogens with one attached hydrogen (secondary N) is 1. The summed E-state index contributed by atoms with van der Waals surface area (Å²) in [6.45, 7) is 7.61. The number of hydrogen-bond acceptors (Lipinski definition) is 5. The highest BCUT2D eigenvalue weighted by molar-refractivity contribution is 6.03. The number of furan rings is 1. The molecule has 6 nitrogen and oxygen atoms in total. The number of amides is 2. The molecule has 180 valence electrons. The number of carbonyl (C=O) groups is 2. The molecule has 0 aliphatic heterocycles. The van der Waals surface area contributed by atoms with Crippen molar-refractivity contribution in [3.63, 3.8) is 0 Å². The molecule has 2 aromatic heterocycles. The lowest BCUT2D eigenvalue weighted by Crippen LogP contribution is -2.33. The number of ether oxygens (including phenoxy) is 1. The van der Waals surface area contributed by atoms with Crippen LogP contribution in [0.3, 0.4) is 0 Å². The van der Waals surface area contributed by atoms with Gasteiger partial charge in [-0.15, -0.1) is 0 Å². The molecule has 1 aromatic carbocycles. The molecule has 1 aliphatic rings. The number of benzene rings is 1. The van der Waals surface area contributed by atoms with Crippen LogP contribution in [0.1, 0.15) is 48.3 Å². The van der Waals surface area contributed by atoms with Crippen LogP contribution in [0, 0.1) is 12.7 Å². The Balaban J connectivity index is 1.59. The number of pyridine rings is 1. The van der Waals surface area contributed by atoms with Crippen molar-refractivity contribution in [3.8, 4) is 5.75 Å². The summed E-state index contributed by atoms with van der Waals surface area (Å²) >= 11 is 0. The Bertz CT molecular complexity index is 1380. The Labute approximate surface area is 203 Å². The maximum Gasteiger partial charge on any atom is 0.250 e. The van der Waals surface area contributed by atoms with Crippen LogP contribution < -0.4 is 10.1 Å². The van der Waals surface area contributed by atoms with Crippen LogP contribution >= 0.6 is 0 Å². The van der Waals surface area contributed by atoms with Gasteiger partial charge in [-0.2, -0.15) is 0 Å². The minimum absolute atomic E-state index is 0.179. The van der Waals surface area contributed by atoms with Crippen molar-refractivity contribution in [1.29, 1.82) is 0 Å². The molecule has 1 atom stereocenters. The van der Waals surface area contributed by atoms with Crippen LogP contribution in [-0.4, -0.2) is 23.9 Å². The lowest BCUT2D eigenvalue weighted by Gasteiger charge is -2.22. The van der Waals surface area contributed by atoms with Crippen LogP contribution in [-0.2, 0) is 16.0 Å². The van der Waals surface area contributed by atoms with Crippen molar-refractivity contribution in [2.45, 2.75) is 39.0 Å². The largest absolute Gasteiger partial charge is 0.494 e. The van der Waals surface area contributed by atoms with Gasteiger partial charge in [-0.3, -0.25) is 14.9 Å². The van der Waals surface area contributed by atoms with Gasteiger partial charge in [0.1, 0.15) is 11.3 Å². The lowest BCUT2D eigenvalue weighted by molar-refractivity contribution is -0.129. The van der Waals surface area contributed by atoms with Gasteiger partial charge in [0, 0.05) is 17.3 Å². The highest BCUT2D eigenvalue weighted by atomic mass is 19.1. The number of methoxy groups -OCH3 is 1. The summed E-state index contributed by atoms with van der Waals surface area (Å²) in [6.07, 6.45) is 6.17. The van der Waals surface area contributed by atoms with Gasteiger partial charge in [0.15, 0.2) is 17.1 Å². The molecule has 3 aromatic rings. The van der Waals surface area contributed by atoms with E-state index in [-0.39, 0.29) is 5.75 Å². The van der Waals surface area contributed by atoms with E-state index in [1.807, 2.05) is 31.2 Å². The Hall–Kier alpha value is -4.00. The monoisotopic (exact) mass is 474 g/mol. The number of rotatable bonds is 7. The fourth-order valence-electron chi connectivity index (χ4n) is 4.37. The van der Waals surface area contributed by atoms with Crippen LogP contribution in [0.25, 0.3) is 16.7 Å². The summed E-state index contributed by atoms with van der Waals surface area (Å²) in [7, 11) is 1.43. The molecule has 0 spiro atoms. The maximum absolute atomic E-state index is 14.8. The number of nitrogens with zero attached hydrogens (tertiary/aromatic N) is 1. The fourth-order valence-corrected chi connectivity index (χ4v) is 4.37. The molecule has 0 fully saturated rings. The SMILES string of the molecule is C=C1C=C(CCC(C(=O)NC(=O)/C=C\C)c2cc3nc(C)ccc3o2)Cc2ccc(OC)c(F)c21. The van der Waals surface area contributed by atoms with Crippen molar-refractivity contribution in [2.24, 2.45) is 0 Å². The third-order valence-corrected chi connectivity index (χ3v) is 6.04. The van der Waals surface area contributed by atoms with E-state index >= 15 is 0 Å². The molecule has 1 N–H and O–H groups in total. The Kier molecular flexibility index (Phi) is 6.96.